The minimum absolute atomic E-state index is 0.0370. The zero-order chi connectivity index (χ0) is 73.8. The number of nitrogens with one attached hydrogen (secondary N) is 9. The molecule has 2 aromatic heterocycles. The molecule has 33 heteroatoms. The van der Waals surface area contributed by atoms with Crippen molar-refractivity contribution in [2.24, 2.45) is 5.41 Å². The van der Waals surface area contributed by atoms with Gasteiger partial charge in [-0.15, -0.1) is 0 Å². The van der Waals surface area contributed by atoms with Gasteiger partial charge in [-0.1, -0.05) is 58.2 Å². The minimum Gasteiger partial charge on any atom is -0.480 e. The number of carbonyl (C=O) groups is 9. The third-order valence-electron chi connectivity index (χ3n) is 16.3. The summed E-state index contributed by atoms with van der Waals surface area (Å²) in [4.78, 5) is 146. The van der Waals surface area contributed by atoms with Crippen molar-refractivity contribution in [1.29, 1.82) is 0 Å². The highest BCUT2D eigenvalue weighted by Gasteiger charge is 2.39. The van der Waals surface area contributed by atoms with Crippen LogP contribution in [0.15, 0.2) is 83.8 Å². The molecule has 8 amide bonds. The number of nitrogens with zero attached hydrogens (tertiary/aromatic N) is 5. The van der Waals surface area contributed by atoms with E-state index >= 15 is 0 Å². The number of benzene rings is 3. The summed E-state index contributed by atoms with van der Waals surface area (Å²) in [5.74, 6) is -3.69. The summed E-state index contributed by atoms with van der Waals surface area (Å²) in [7, 11) is 0. The fourth-order valence-corrected chi connectivity index (χ4v) is 10.7. The first-order valence-corrected chi connectivity index (χ1v) is 34.6. The molecule has 12 N–H and O–H groups in total. The maximum atomic E-state index is 14.4. The lowest BCUT2D eigenvalue weighted by atomic mass is 9.90. The fraction of sp³-hybridized carbons (Fsp3) is 0.529. The second kappa shape index (κ2) is 43.2. The predicted octanol–water partition coefficient (Wildman–Crippen LogP) is 2.84. The first-order valence-electron chi connectivity index (χ1n) is 34.6. The Morgan fingerprint density at radius 1 is 0.621 bits per heavy atom. The number of ketones is 1. The highest BCUT2D eigenvalue weighted by atomic mass is 16.5. The molecular formula is C70H97N15O18. The summed E-state index contributed by atoms with van der Waals surface area (Å²) in [5.41, 5.74) is 7.93. The van der Waals surface area contributed by atoms with Crippen LogP contribution in [0.1, 0.15) is 105 Å². The number of aromatic nitrogens is 4. The number of anilines is 5. The Bertz CT molecular complexity index is 3650. The van der Waals surface area contributed by atoms with Gasteiger partial charge in [0.05, 0.1) is 129 Å². The average Bonchev–Trinajstić information content (AvgIpc) is 1.67. The molecule has 0 unspecified atom stereocenters. The van der Waals surface area contributed by atoms with Crippen LogP contribution in [-0.4, -0.2) is 228 Å². The van der Waals surface area contributed by atoms with E-state index in [4.69, 9.17) is 38.9 Å². The van der Waals surface area contributed by atoms with Crippen molar-refractivity contribution in [3.8, 4) is 0 Å². The van der Waals surface area contributed by atoms with E-state index in [9.17, 15) is 53.1 Å². The largest absolute Gasteiger partial charge is 0.480 e. The lowest BCUT2D eigenvalue weighted by Gasteiger charge is -2.37. The smallest absolute Gasteiger partial charge is 0.326 e. The van der Waals surface area contributed by atoms with E-state index in [0.29, 0.717) is 54.7 Å². The van der Waals surface area contributed by atoms with E-state index in [1.165, 1.54) is 23.2 Å². The number of nitrogen functional groups attached to an aromatic ring is 1. The molecule has 7 rings (SSSR count). The van der Waals surface area contributed by atoms with E-state index in [2.05, 4.69) is 67.4 Å². The zero-order valence-electron chi connectivity index (χ0n) is 58.7. The van der Waals surface area contributed by atoms with Gasteiger partial charge in [0.15, 0.2) is 16.9 Å². The van der Waals surface area contributed by atoms with Gasteiger partial charge in [0.25, 0.3) is 23.3 Å². The number of nitrogens with two attached hydrogens (primary N) is 1. The number of amides is 8. The average molecular weight is 1440 g/mol. The third kappa shape index (κ3) is 28.5. The number of carboxylic acid groups (broad SMARTS) is 1. The van der Waals surface area contributed by atoms with Gasteiger partial charge in [0, 0.05) is 85.9 Å². The summed E-state index contributed by atoms with van der Waals surface area (Å²) < 4.78 is 38.5. The summed E-state index contributed by atoms with van der Waals surface area (Å²) >= 11 is 0. The molecule has 1 fully saturated rings. The Morgan fingerprint density at radius 3 is 1.76 bits per heavy atom. The van der Waals surface area contributed by atoms with Crippen LogP contribution in [0.5, 0.6) is 0 Å². The lowest BCUT2D eigenvalue weighted by molar-refractivity contribution is -0.139. The summed E-state index contributed by atoms with van der Waals surface area (Å²) in [5, 5.41) is 31.9. The number of carboxylic acids is 1. The van der Waals surface area contributed by atoms with E-state index in [1.54, 1.807) is 36.4 Å². The maximum Gasteiger partial charge on any atom is 0.326 e. The Morgan fingerprint density at radius 2 is 1.17 bits per heavy atom. The predicted molar refractivity (Wildman–Crippen MR) is 380 cm³/mol. The van der Waals surface area contributed by atoms with Crippen LogP contribution < -0.4 is 63.6 Å². The normalized spacial score (nSPS) is 14.2. The molecule has 3 heterocycles. The summed E-state index contributed by atoms with van der Waals surface area (Å²) in [6.07, 6.45) is 6.62. The van der Waals surface area contributed by atoms with Gasteiger partial charge >= 0.3 is 12.0 Å². The fourth-order valence-electron chi connectivity index (χ4n) is 10.7. The van der Waals surface area contributed by atoms with Crippen molar-refractivity contribution in [2.75, 3.05) is 158 Å². The molecule has 2 atom stereocenters. The number of para-hydroxylation sites is 2. The Labute approximate surface area is 596 Å². The first-order chi connectivity index (χ1) is 49.7. The van der Waals surface area contributed by atoms with Crippen molar-refractivity contribution < 1.29 is 81.4 Å². The number of urea groups is 1. The number of hydrogen-bond donors (Lipinski definition) is 11. The van der Waals surface area contributed by atoms with Crippen molar-refractivity contribution in [2.45, 2.75) is 103 Å². The highest BCUT2D eigenvalue weighted by Crippen LogP contribution is 2.38. The Balaban J connectivity index is 0.606. The molecule has 3 aromatic carbocycles. The van der Waals surface area contributed by atoms with Crippen LogP contribution in [0.3, 0.4) is 0 Å². The Kier molecular flexibility index (Phi) is 33.8. The van der Waals surface area contributed by atoms with Crippen LogP contribution in [-0.2, 0) is 68.5 Å². The second-order valence-electron chi connectivity index (χ2n) is 25.2. The molecule has 560 valence electrons. The molecule has 0 radical (unpaired) electrons. The number of carbonyl (C=O) groups excluding carboxylic acids is 8. The van der Waals surface area contributed by atoms with E-state index in [1.807, 2.05) is 45.0 Å². The molecule has 1 aliphatic carbocycles. The Hall–Kier alpha value is -9.77. The lowest BCUT2D eigenvalue weighted by Crippen LogP contribution is -2.55. The van der Waals surface area contributed by atoms with Crippen LogP contribution in [0.4, 0.5) is 33.5 Å². The number of fused-ring (bicyclic) bond motifs is 2. The molecule has 1 aliphatic heterocycles. The standard InChI is InChI=1S/C70H97N15O18/c1-70(2,3)57(86)46-85-56-15-8-7-14-55(56)84(52-12-5-4-6-13-52)45-54(66(85)93)81-69(96)79-50-11-9-10-48(42-50)63(90)75-27-33-102-39-41-103-40-38-101-32-26-74-60(89)23-29-98-35-34-97-28-22-59(88)73-25-31-100-37-36-99-30-24-72-58(87)21-20-53(67(94)95)80-64(91)47-16-18-49(19-17-47)76-43-51-44-77-62-61(78-51)65(92)83-68(71)82-62/h7-11,14-19,42,44,52-54,76H,4-6,12-13,20-41,43,45-46H2,1-3H3,(H,72,87)(H,73,88)(H,74,89)(H,75,90)(H,80,91)(H,94,95)(H2,79,81,96)(H3,71,77,82,83,92)/t53-,54+/m0/s1. The van der Waals surface area contributed by atoms with Crippen LogP contribution in [0, 0.1) is 5.41 Å². The number of Topliss-reactive ketones (excluding diaryl/α,β-unsaturated/α-hetero) is 1. The molecule has 2 aliphatic rings. The van der Waals surface area contributed by atoms with Crippen molar-refractivity contribution >= 4 is 93.1 Å². The molecule has 0 spiro atoms. The monoisotopic (exact) mass is 1440 g/mol. The number of hydrogen-bond acceptors (Lipinski definition) is 23. The quantitative estimate of drug-likeness (QED) is 0.0250. The molecule has 33 nitrogen and oxygen atoms in total. The highest BCUT2D eigenvalue weighted by molar-refractivity contribution is 6.08. The van der Waals surface area contributed by atoms with Gasteiger partial charge in [0.1, 0.15) is 12.1 Å². The van der Waals surface area contributed by atoms with Crippen molar-refractivity contribution in [3.05, 3.63) is 106 Å². The summed E-state index contributed by atoms with van der Waals surface area (Å²) in [6, 6.07) is 17.6. The van der Waals surface area contributed by atoms with Gasteiger partial charge < -0.3 is 96.3 Å². The van der Waals surface area contributed by atoms with Gasteiger partial charge in [-0.05, 0) is 73.9 Å². The van der Waals surface area contributed by atoms with Crippen molar-refractivity contribution in [3.63, 3.8) is 0 Å². The SMILES string of the molecule is CC(C)(C)C(=O)CN1C(=O)[C@H](NC(=O)Nc2cccc(C(=O)NCCOCCOCCOCCNC(=O)CCOCCOCCC(=O)NCCOCCOCCNC(=O)CC[C@H](NC(=O)c3ccc(NCc4cnc5nc(N)[nH]c(=O)c5n4)cc3)C(=O)O)c2)CN(C2CCCCC2)c2ccccc21. The first kappa shape index (κ1) is 80.5. The topological polar surface area (TPSA) is 439 Å². The number of aromatic amines is 1. The zero-order valence-corrected chi connectivity index (χ0v) is 58.7. The molecule has 5 aromatic rings. The number of rotatable bonds is 45. The van der Waals surface area contributed by atoms with Crippen LogP contribution >= 0.6 is 0 Å². The van der Waals surface area contributed by atoms with Gasteiger partial charge in [-0.25, -0.2) is 19.6 Å². The second-order valence-corrected chi connectivity index (χ2v) is 25.2. The number of aliphatic carboxylic acids is 1. The van der Waals surface area contributed by atoms with E-state index in [0.717, 1.165) is 37.8 Å². The minimum atomic E-state index is -1.32. The van der Waals surface area contributed by atoms with Crippen LogP contribution in [0.2, 0.25) is 0 Å². The molecule has 0 bridgehead atoms. The van der Waals surface area contributed by atoms with E-state index in [-0.39, 0.29) is 196 Å². The number of H-pyrrole nitrogens is 1. The van der Waals surface area contributed by atoms with Crippen LogP contribution in [0.25, 0.3) is 11.2 Å². The molecule has 103 heavy (non-hydrogen) atoms. The molecular weight excluding hydrogens is 1340 g/mol. The molecule has 0 saturated heterocycles. The maximum absolute atomic E-state index is 14.4. The van der Waals surface area contributed by atoms with Gasteiger partial charge in [-0.3, -0.25) is 43.3 Å². The van der Waals surface area contributed by atoms with Gasteiger partial charge in [-0.2, -0.15) is 4.98 Å². The third-order valence-corrected chi connectivity index (χ3v) is 16.3. The van der Waals surface area contributed by atoms with Crippen molar-refractivity contribution in [1.82, 2.24) is 51.8 Å². The summed E-state index contributed by atoms with van der Waals surface area (Å²) in [6.45, 7) is 10.2. The van der Waals surface area contributed by atoms with E-state index < -0.39 is 46.9 Å². The molecule has 1 saturated carbocycles. The number of ether oxygens (including phenoxy) is 7. The van der Waals surface area contributed by atoms with Gasteiger partial charge in [0.2, 0.25) is 23.7 Å².